The highest BCUT2D eigenvalue weighted by molar-refractivity contribution is 5.96. The molecule has 0 aromatic carbocycles. The number of rotatable bonds is 4. The fraction of sp³-hybridized carbons (Fsp3) is 0.125. The molecule has 9 nitrogen and oxygen atoms in total. The Labute approximate surface area is 189 Å². The second-order valence-electron chi connectivity index (χ2n) is 8.22. The van der Waals surface area contributed by atoms with Gasteiger partial charge in [-0.15, -0.1) is 0 Å². The largest absolute Gasteiger partial charge is 0.376 e. The molecule has 6 rings (SSSR count). The molecular formula is C24H21N9. The van der Waals surface area contributed by atoms with E-state index in [2.05, 4.69) is 42.3 Å². The van der Waals surface area contributed by atoms with E-state index in [1.165, 1.54) is 0 Å². The summed E-state index contributed by atoms with van der Waals surface area (Å²) in [6.45, 7) is 1.97. The Kier molecular flexibility index (Phi) is 4.22. The molecule has 2 N–H and O–H groups in total. The van der Waals surface area contributed by atoms with Crippen molar-refractivity contribution in [2.75, 3.05) is 19.0 Å². The maximum absolute atomic E-state index is 4.93. The van der Waals surface area contributed by atoms with Crippen molar-refractivity contribution in [2.24, 2.45) is 0 Å². The molecule has 6 aromatic rings. The highest BCUT2D eigenvalue weighted by Gasteiger charge is 2.16. The molecule has 0 bridgehead atoms. The maximum Gasteiger partial charge on any atom is 0.135 e. The number of hydrogen-bond donors (Lipinski definition) is 2. The number of imidazole rings is 1. The Bertz CT molecular complexity index is 1620. The zero-order valence-corrected chi connectivity index (χ0v) is 18.4. The normalized spacial score (nSPS) is 11.5. The van der Waals surface area contributed by atoms with Crippen LogP contribution in [0.2, 0.25) is 0 Å². The van der Waals surface area contributed by atoms with Crippen LogP contribution in [0.1, 0.15) is 5.69 Å². The molecule has 0 saturated carbocycles. The monoisotopic (exact) mass is 435 g/mol. The van der Waals surface area contributed by atoms with Gasteiger partial charge < -0.3 is 14.5 Å². The Hall–Kier alpha value is -4.53. The third-order valence-electron chi connectivity index (χ3n) is 5.71. The average Bonchev–Trinajstić information content (AvgIpc) is 3.55. The van der Waals surface area contributed by atoms with Crippen LogP contribution in [-0.2, 0) is 0 Å². The van der Waals surface area contributed by atoms with Crippen molar-refractivity contribution >= 4 is 27.6 Å². The van der Waals surface area contributed by atoms with Crippen molar-refractivity contribution in [3.63, 3.8) is 0 Å². The van der Waals surface area contributed by atoms with Crippen LogP contribution in [0.25, 0.3) is 50.3 Å². The van der Waals surface area contributed by atoms with Gasteiger partial charge in [0.15, 0.2) is 0 Å². The number of H-pyrrole nitrogens is 2. The van der Waals surface area contributed by atoms with Crippen LogP contribution < -0.4 is 4.90 Å². The zero-order valence-electron chi connectivity index (χ0n) is 18.4. The maximum atomic E-state index is 4.93. The van der Waals surface area contributed by atoms with E-state index < -0.39 is 0 Å². The minimum atomic E-state index is 0.757. The smallest absolute Gasteiger partial charge is 0.135 e. The van der Waals surface area contributed by atoms with Crippen LogP contribution in [0, 0.1) is 6.92 Å². The van der Waals surface area contributed by atoms with Gasteiger partial charge in [0.1, 0.15) is 11.2 Å². The number of hydrogen-bond acceptors (Lipinski definition) is 6. The third kappa shape index (κ3) is 3.21. The third-order valence-corrected chi connectivity index (χ3v) is 5.71. The highest BCUT2D eigenvalue weighted by Crippen LogP contribution is 2.31. The van der Waals surface area contributed by atoms with E-state index in [0.717, 1.165) is 61.7 Å². The first-order chi connectivity index (χ1) is 16.1. The molecule has 0 radical (unpaired) electrons. The molecule has 33 heavy (non-hydrogen) atoms. The van der Waals surface area contributed by atoms with Crippen molar-refractivity contribution in [3.05, 3.63) is 67.3 Å². The zero-order chi connectivity index (χ0) is 22.5. The van der Waals surface area contributed by atoms with Crippen molar-refractivity contribution in [1.29, 1.82) is 0 Å². The number of aromatic nitrogens is 8. The molecule has 6 heterocycles. The number of anilines is 1. The summed E-state index contributed by atoms with van der Waals surface area (Å²) in [4.78, 5) is 23.5. The second kappa shape index (κ2) is 7.27. The minimum Gasteiger partial charge on any atom is -0.376 e. The first-order valence-corrected chi connectivity index (χ1v) is 10.5. The van der Waals surface area contributed by atoms with E-state index >= 15 is 0 Å². The predicted octanol–water partition coefficient (Wildman–Crippen LogP) is 4.12. The van der Waals surface area contributed by atoms with Gasteiger partial charge in [0, 0.05) is 37.4 Å². The summed E-state index contributed by atoms with van der Waals surface area (Å²) in [5.41, 5.74) is 8.93. The standard InChI is InChI=1S/C24H21N9/c1-14-12-33(13-27-14)22-11-26-10-21-17(22)7-20(28-21)24-23-19(30-31-24)5-4-18(29-23)15-6-16(32(2)3)9-25-8-15/h4-13,28H,1-3H3,(H,30,31). The number of nitrogens with zero attached hydrogens (tertiary/aromatic N) is 7. The van der Waals surface area contributed by atoms with Gasteiger partial charge in [-0.25, -0.2) is 9.97 Å². The summed E-state index contributed by atoms with van der Waals surface area (Å²) < 4.78 is 1.98. The van der Waals surface area contributed by atoms with Gasteiger partial charge in [0.05, 0.1) is 64.4 Å². The Morgan fingerprint density at radius 2 is 1.85 bits per heavy atom. The first kappa shape index (κ1) is 19.2. The second-order valence-corrected chi connectivity index (χ2v) is 8.22. The fourth-order valence-corrected chi connectivity index (χ4v) is 3.98. The lowest BCUT2D eigenvalue weighted by Crippen LogP contribution is -2.08. The van der Waals surface area contributed by atoms with Crippen molar-refractivity contribution in [3.8, 4) is 28.3 Å². The summed E-state index contributed by atoms with van der Waals surface area (Å²) in [5.74, 6) is 0. The molecule has 162 valence electrons. The summed E-state index contributed by atoms with van der Waals surface area (Å²) in [6, 6.07) is 8.14. The first-order valence-electron chi connectivity index (χ1n) is 10.5. The number of aryl methyl sites for hydroxylation is 1. The minimum absolute atomic E-state index is 0.757. The van der Waals surface area contributed by atoms with Crippen molar-refractivity contribution in [1.82, 2.24) is 39.7 Å². The van der Waals surface area contributed by atoms with Gasteiger partial charge >= 0.3 is 0 Å². The number of aromatic amines is 2. The molecular weight excluding hydrogens is 414 g/mol. The quantitative estimate of drug-likeness (QED) is 0.432. The van der Waals surface area contributed by atoms with Crippen molar-refractivity contribution < 1.29 is 0 Å². The van der Waals surface area contributed by atoms with Crippen LogP contribution >= 0.6 is 0 Å². The van der Waals surface area contributed by atoms with Crippen LogP contribution in [0.15, 0.2) is 61.6 Å². The molecule has 0 unspecified atom stereocenters. The van der Waals surface area contributed by atoms with Gasteiger partial charge in [-0.05, 0) is 31.2 Å². The molecule has 6 aromatic heterocycles. The fourth-order valence-electron chi connectivity index (χ4n) is 3.98. The lowest BCUT2D eigenvalue weighted by molar-refractivity contribution is 1.05. The van der Waals surface area contributed by atoms with Gasteiger partial charge in [0.25, 0.3) is 0 Å². The lowest BCUT2D eigenvalue weighted by atomic mass is 10.1. The Morgan fingerprint density at radius 1 is 0.970 bits per heavy atom. The van der Waals surface area contributed by atoms with Gasteiger partial charge in [-0.2, -0.15) is 5.10 Å². The van der Waals surface area contributed by atoms with Gasteiger partial charge in [-0.1, -0.05) is 0 Å². The van der Waals surface area contributed by atoms with Gasteiger partial charge in [0.2, 0.25) is 0 Å². The Balaban J connectivity index is 1.48. The molecule has 0 aliphatic carbocycles. The van der Waals surface area contributed by atoms with Gasteiger partial charge in [-0.3, -0.25) is 15.1 Å². The molecule has 0 amide bonds. The van der Waals surface area contributed by atoms with Crippen LogP contribution in [0.3, 0.4) is 0 Å². The van der Waals surface area contributed by atoms with E-state index in [0.29, 0.717) is 0 Å². The topological polar surface area (TPSA) is 104 Å². The van der Waals surface area contributed by atoms with Crippen LogP contribution in [0.4, 0.5) is 5.69 Å². The molecule has 0 aliphatic heterocycles. The van der Waals surface area contributed by atoms with E-state index in [1.807, 2.05) is 73.6 Å². The number of nitrogens with one attached hydrogen (secondary N) is 2. The number of pyridine rings is 3. The van der Waals surface area contributed by atoms with Crippen LogP contribution in [-0.4, -0.2) is 53.8 Å². The summed E-state index contributed by atoms with van der Waals surface area (Å²) in [6.07, 6.45) is 11.1. The van der Waals surface area contributed by atoms with E-state index in [9.17, 15) is 0 Å². The van der Waals surface area contributed by atoms with Crippen molar-refractivity contribution in [2.45, 2.75) is 6.92 Å². The number of fused-ring (bicyclic) bond motifs is 2. The SMILES string of the molecule is Cc1cn(-c2cncc3[nH]c(-c4n[nH]c5ccc(-c6cncc(N(C)C)c6)nc45)cc23)cn1. The van der Waals surface area contributed by atoms with E-state index in [-0.39, 0.29) is 0 Å². The molecule has 0 saturated heterocycles. The van der Waals surface area contributed by atoms with Crippen LogP contribution in [0.5, 0.6) is 0 Å². The highest BCUT2D eigenvalue weighted by atomic mass is 15.1. The summed E-state index contributed by atoms with van der Waals surface area (Å²) >= 11 is 0. The summed E-state index contributed by atoms with van der Waals surface area (Å²) in [5, 5.41) is 8.70. The Morgan fingerprint density at radius 3 is 2.67 bits per heavy atom. The molecule has 0 atom stereocenters. The predicted molar refractivity (Wildman–Crippen MR) is 128 cm³/mol. The lowest BCUT2D eigenvalue weighted by Gasteiger charge is -2.12. The molecule has 0 aliphatic rings. The molecule has 9 heteroatoms. The average molecular weight is 435 g/mol. The summed E-state index contributed by atoms with van der Waals surface area (Å²) in [7, 11) is 3.99. The van der Waals surface area contributed by atoms with E-state index in [4.69, 9.17) is 4.98 Å². The molecule has 0 fully saturated rings. The molecule has 0 spiro atoms. The van der Waals surface area contributed by atoms with E-state index in [1.54, 1.807) is 6.33 Å².